The molecule has 0 atom stereocenters. The molecule has 0 heterocycles. The van der Waals surface area contributed by atoms with E-state index in [1.165, 1.54) is 100 Å². The molecule has 0 saturated carbocycles. The number of hydrogen-bond donors (Lipinski definition) is 0. The van der Waals surface area contributed by atoms with Crippen LogP contribution >= 0.6 is 0 Å². The number of anilines is 3. The molecule has 0 radical (unpaired) electrons. The van der Waals surface area contributed by atoms with E-state index in [9.17, 15) is 0 Å². The Morgan fingerprint density at radius 3 is 1.62 bits per heavy atom. The van der Waals surface area contributed by atoms with Gasteiger partial charge in [-0.25, -0.2) is 0 Å². The van der Waals surface area contributed by atoms with E-state index in [4.69, 9.17) is 0 Å². The van der Waals surface area contributed by atoms with Crippen LogP contribution in [0.2, 0.25) is 0 Å². The maximum atomic E-state index is 2.58. The zero-order valence-corrected chi connectivity index (χ0v) is 33.0. The number of hydrogen-bond acceptors (Lipinski definition) is 1. The summed E-state index contributed by atoms with van der Waals surface area (Å²) >= 11 is 0. The predicted molar refractivity (Wildman–Crippen MR) is 237 cm³/mol. The summed E-state index contributed by atoms with van der Waals surface area (Å²) in [5.41, 5.74) is 22.1. The van der Waals surface area contributed by atoms with Crippen LogP contribution in [0.15, 0.2) is 164 Å². The molecular weight excluding hydrogens is 675 g/mol. The van der Waals surface area contributed by atoms with Crippen molar-refractivity contribution in [2.45, 2.75) is 57.8 Å². The van der Waals surface area contributed by atoms with Gasteiger partial charge >= 0.3 is 0 Å². The van der Waals surface area contributed by atoms with Crippen LogP contribution in [-0.2, 0) is 16.2 Å². The molecule has 0 unspecified atom stereocenters. The molecule has 0 spiro atoms. The topological polar surface area (TPSA) is 3.24 Å². The Bertz CT molecular complexity index is 2940. The monoisotopic (exact) mass is 719 g/mol. The summed E-state index contributed by atoms with van der Waals surface area (Å²) in [6.45, 7) is 14.3. The molecule has 1 nitrogen and oxygen atoms in total. The smallest absolute Gasteiger partial charge is 0.0549 e. The van der Waals surface area contributed by atoms with Gasteiger partial charge < -0.3 is 4.90 Å². The molecule has 0 N–H and O–H groups in total. The van der Waals surface area contributed by atoms with E-state index in [1.807, 2.05) is 0 Å². The molecule has 56 heavy (non-hydrogen) atoms. The van der Waals surface area contributed by atoms with Crippen LogP contribution in [0.5, 0.6) is 0 Å². The van der Waals surface area contributed by atoms with Gasteiger partial charge in [0.2, 0.25) is 0 Å². The largest absolute Gasteiger partial charge is 0.309 e. The lowest BCUT2D eigenvalue weighted by Crippen LogP contribution is -2.17. The standard InChI is InChI=1S/C55H45N/c1-53(2)44-22-13-10-19-41(44)50-46(53)24-15-25-48(50)56(49-33-36-16-7-8-17-38(36)52-51(49)42-20-11-14-23-45(42)55(52,5)6)37-29-26-34(27-30-37)35-28-31-40-39-18-9-12-21-43(39)54(3,4)47(40)32-35/h7-33H,1-6H3. The molecule has 3 aliphatic carbocycles. The van der Waals surface area contributed by atoms with E-state index in [0.717, 1.165) is 5.69 Å². The first kappa shape index (κ1) is 33.2. The highest BCUT2D eigenvalue weighted by Gasteiger charge is 2.42. The molecular formula is C55H45N. The highest BCUT2D eigenvalue weighted by molar-refractivity contribution is 6.07. The summed E-state index contributed by atoms with van der Waals surface area (Å²) in [5.74, 6) is 0. The summed E-state index contributed by atoms with van der Waals surface area (Å²) in [6, 6.07) is 61.8. The van der Waals surface area contributed by atoms with Crippen molar-refractivity contribution in [1.82, 2.24) is 0 Å². The Balaban J connectivity index is 1.16. The van der Waals surface area contributed by atoms with Crippen LogP contribution < -0.4 is 4.90 Å². The minimum absolute atomic E-state index is 0.0447. The summed E-state index contributed by atoms with van der Waals surface area (Å²) in [6.07, 6.45) is 0. The average molecular weight is 720 g/mol. The molecule has 11 rings (SSSR count). The van der Waals surface area contributed by atoms with Gasteiger partial charge in [0.15, 0.2) is 0 Å². The zero-order valence-electron chi connectivity index (χ0n) is 33.0. The number of rotatable bonds is 4. The quantitative estimate of drug-likeness (QED) is 0.175. The molecule has 8 aromatic carbocycles. The summed E-state index contributed by atoms with van der Waals surface area (Å²) in [5, 5.41) is 2.59. The van der Waals surface area contributed by atoms with Crippen LogP contribution in [0, 0.1) is 0 Å². The fraction of sp³-hybridized carbons (Fsp3) is 0.164. The van der Waals surface area contributed by atoms with Gasteiger partial charge in [-0.1, -0.05) is 175 Å². The molecule has 0 amide bonds. The molecule has 1 heteroatoms. The van der Waals surface area contributed by atoms with Gasteiger partial charge in [0.25, 0.3) is 0 Å². The highest BCUT2D eigenvalue weighted by Crippen LogP contribution is 2.59. The normalized spacial score (nSPS) is 15.8. The molecule has 8 aromatic rings. The average Bonchev–Trinajstić information content (AvgIpc) is 3.72. The minimum atomic E-state index is -0.161. The molecule has 270 valence electrons. The van der Waals surface area contributed by atoms with Gasteiger partial charge in [0.1, 0.15) is 0 Å². The van der Waals surface area contributed by atoms with Gasteiger partial charge in [0.05, 0.1) is 11.4 Å². The van der Waals surface area contributed by atoms with Crippen molar-refractivity contribution in [3.8, 4) is 44.5 Å². The van der Waals surface area contributed by atoms with E-state index in [1.54, 1.807) is 0 Å². The first-order valence-electron chi connectivity index (χ1n) is 20.1. The second-order valence-electron chi connectivity index (χ2n) is 17.7. The van der Waals surface area contributed by atoms with E-state index >= 15 is 0 Å². The van der Waals surface area contributed by atoms with Crippen LogP contribution in [0.1, 0.15) is 74.9 Å². The highest BCUT2D eigenvalue weighted by atomic mass is 15.1. The maximum absolute atomic E-state index is 2.58. The van der Waals surface area contributed by atoms with E-state index < -0.39 is 0 Å². The Kier molecular flexibility index (Phi) is 6.77. The molecule has 3 aliphatic rings. The Labute approximate surface area is 330 Å². The van der Waals surface area contributed by atoms with Crippen LogP contribution in [0.4, 0.5) is 17.1 Å². The fourth-order valence-electron chi connectivity index (χ4n) is 10.8. The summed E-state index contributed by atoms with van der Waals surface area (Å²) in [4.78, 5) is 2.58. The third-order valence-electron chi connectivity index (χ3n) is 13.6. The first-order valence-corrected chi connectivity index (χ1v) is 20.1. The summed E-state index contributed by atoms with van der Waals surface area (Å²) in [7, 11) is 0. The van der Waals surface area contributed by atoms with Gasteiger partial charge in [-0.2, -0.15) is 0 Å². The third kappa shape index (κ3) is 4.37. The van der Waals surface area contributed by atoms with Gasteiger partial charge in [0, 0.05) is 33.1 Å². The predicted octanol–water partition coefficient (Wildman–Crippen LogP) is 14.9. The van der Waals surface area contributed by atoms with Crippen molar-refractivity contribution in [1.29, 1.82) is 0 Å². The molecule has 0 aromatic heterocycles. The number of fused-ring (bicyclic) bond motifs is 11. The zero-order chi connectivity index (χ0) is 38.1. The SMILES string of the molecule is CC1(C)c2ccccc2-c2ccc(-c3ccc(N(c4cccc5c4-c4ccccc4C5(C)C)c4cc5ccccc5c5c4-c4ccccc4C5(C)C)cc3)cc21. The van der Waals surface area contributed by atoms with Gasteiger partial charge in [-0.05, 0) is 108 Å². The molecule has 0 saturated heterocycles. The lowest BCUT2D eigenvalue weighted by atomic mass is 9.80. The van der Waals surface area contributed by atoms with Gasteiger partial charge in [-0.15, -0.1) is 0 Å². The van der Waals surface area contributed by atoms with Crippen LogP contribution in [0.3, 0.4) is 0 Å². The molecule has 0 aliphatic heterocycles. The maximum Gasteiger partial charge on any atom is 0.0549 e. The first-order chi connectivity index (χ1) is 27.1. The Hall–Kier alpha value is -6.18. The number of nitrogens with zero attached hydrogens (tertiary/aromatic N) is 1. The van der Waals surface area contributed by atoms with Crippen molar-refractivity contribution in [2.75, 3.05) is 4.90 Å². The fourth-order valence-corrected chi connectivity index (χ4v) is 10.8. The lowest BCUT2D eigenvalue weighted by Gasteiger charge is -2.32. The Morgan fingerprint density at radius 2 is 0.893 bits per heavy atom. The number of benzene rings is 8. The Morgan fingerprint density at radius 1 is 0.357 bits per heavy atom. The van der Waals surface area contributed by atoms with E-state index in [0.29, 0.717) is 0 Å². The second kappa shape index (κ2) is 11.4. The lowest BCUT2D eigenvalue weighted by molar-refractivity contribution is 0.660. The van der Waals surface area contributed by atoms with Crippen LogP contribution in [0.25, 0.3) is 55.3 Å². The van der Waals surface area contributed by atoms with Crippen LogP contribution in [-0.4, -0.2) is 0 Å². The van der Waals surface area contributed by atoms with Crippen molar-refractivity contribution in [3.05, 3.63) is 197 Å². The summed E-state index contributed by atoms with van der Waals surface area (Å²) < 4.78 is 0. The van der Waals surface area contributed by atoms with Crippen molar-refractivity contribution in [3.63, 3.8) is 0 Å². The van der Waals surface area contributed by atoms with Crippen molar-refractivity contribution in [2.24, 2.45) is 0 Å². The van der Waals surface area contributed by atoms with E-state index in [-0.39, 0.29) is 16.2 Å². The molecule has 0 bridgehead atoms. The van der Waals surface area contributed by atoms with E-state index in [2.05, 4.69) is 210 Å². The minimum Gasteiger partial charge on any atom is -0.309 e. The third-order valence-corrected chi connectivity index (χ3v) is 13.6. The van der Waals surface area contributed by atoms with Gasteiger partial charge in [-0.3, -0.25) is 0 Å². The molecule has 0 fully saturated rings. The van der Waals surface area contributed by atoms with Crippen molar-refractivity contribution >= 4 is 27.8 Å². The van der Waals surface area contributed by atoms with Crippen molar-refractivity contribution < 1.29 is 0 Å². The second-order valence-corrected chi connectivity index (χ2v) is 17.7.